The Hall–Kier alpha value is -3.10. The van der Waals surface area contributed by atoms with E-state index in [0.29, 0.717) is 43.2 Å². The number of rotatable bonds is 12. The largest absolute Gasteiger partial charge is 0.441 e. The summed E-state index contributed by atoms with van der Waals surface area (Å²) in [6.07, 6.45) is 6.10. The maximum Gasteiger partial charge on any atom is 0.408 e. The second-order valence-electron chi connectivity index (χ2n) is 11.0. The number of aliphatic hydroxyl groups excluding tert-OH is 1. The van der Waals surface area contributed by atoms with E-state index in [9.17, 15) is 19.5 Å². The van der Waals surface area contributed by atoms with Crippen molar-refractivity contribution in [2.75, 3.05) is 13.2 Å². The molecule has 40 heavy (non-hydrogen) atoms. The Kier molecular flexibility index (Phi) is 11.2. The fourth-order valence-electron chi connectivity index (χ4n) is 5.76. The summed E-state index contributed by atoms with van der Waals surface area (Å²) in [7, 11) is 0. The van der Waals surface area contributed by atoms with Crippen LogP contribution in [0.4, 0.5) is 4.79 Å². The lowest BCUT2D eigenvalue weighted by atomic mass is 9.84. The predicted octanol–water partition coefficient (Wildman–Crippen LogP) is 4.69. The van der Waals surface area contributed by atoms with Gasteiger partial charge in [0.1, 0.15) is 12.1 Å². The third-order valence-corrected chi connectivity index (χ3v) is 8.17. The Labute approximate surface area is 241 Å². The third-order valence-electron chi connectivity index (χ3n) is 7.93. The smallest absolute Gasteiger partial charge is 0.408 e. The van der Waals surface area contributed by atoms with Gasteiger partial charge in [0.05, 0.1) is 12.6 Å². The number of hydrogen-bond donors (Lipinski definition) is 4. The van der Waals surface area contributed by atoms with Crippen LogP contribution in [0.15, 0.2) is 54.6 Å². The molecular formula is C31H40ClN3O5. The van der Waals surface area contributed by atoms with Gasteiger partial charge in [-0.2, -0.15) is 0 Å². The molecule has 4 atom stereocenters. The van der Waals surface area contributed by atoms with Crippen molar-refractivity contribution in [2.45, 2.75) is 76.0 Å². The van der Waals surface area contributed by atoms with E-state index in [0.717, 1.165) is 36.8 Å². The molecule has 1 unspecified atom stereocenters. The molecule has 216 valence electrons. The van der Waals surface area contributed by atoms with Crippen LogP contribution in [0.3, 0.4) is 0 Å². The van der Waals surface area contributed by atoms with Gasteiger partial charge in [-0.3, -0.25) is 9.59 Å². The average molecular weight is 570 g/mol. The molecule has 0 radical (unpaired) electrons. The maximum absolute atomic E-state index is 13.5. The Morgan fingerprint density at radius 3 is 2.45 bits per heavy atom. The molecule has 1 aliphatic heterocycles. The SMILES string of the molecule is O=C(N[C@@H](CC1CCCCC1)C(=O)N[C@H](CO)C[C@@H]1CCNC1=O)OC(Cc1cccc(Cl)c1)c1ccccc1. The number of hydrogen-bond acceptors (Lipinski definition) is 5. The zero-order valence-corrected chi connectivity index (χ0v) is 23.6. The highest BCUT2D eigenvalue weighted by molar-refractivity contribution is 6.30. The first kappa shape index (κ1) is 29.9. The number of benzene rings is 2. The minimum atomic E-state index is -0.815. The molecule has 2 aliphatic rings. The van der Waals surface area contributed by atoms with Crippen LogP contribution in [0, 0.1) is 11.8 Å². The average Bonchev–Trinajstić information content (AvgIpc) is 3.36. The summed E-state index contributed by atoms with van der Waals surface area (Å²) in [5.74, 6) is -0.356. The minimum absolute atomic E-state index is 0.0557. The monoisotopic (exact) mass is 569 g/mol. The molecule has 1 saturated carbocycles. The van der Waals surface area contributed by atoms with Crippen LogP contribution in [-0.2, 0) is 20.7 Å². The van der Waals surface area contributed by atoms with E-state index >= 15 is 0 Å². The van der Waals surface area contributed by atoms with E-state index in [1.807, 2.05) is 48.5 Å². The van der Waals surface area contributed by atoms with Crippen LogP contribution in [0.5, 0.6) is 0 Å². The first-order valence-corrected chi connectivity index (χ1v) is 14.7. The number of aliphatic hydroxyl groups is 1. The van der Waals surface area contributed by atoms with E-state index in [2.05, 4.69) is 16.0 Å². The Morgan fingerprint density at radius 2 is 1.77 bits per heavy atom. The number of nitrogens with one attached hydrogen (secondary N) is 3. The lowest BCUT2D eigenvalue weighted by molar-refractivity contribution is -0.126. The van der Waals surface area contributed by atoms with Crippen LogP contribution in [0.2, 0.25) is 5.02 Å². The van der Waals surface area contributed by atoms with E-state index in [1.54, 1.807) is 6.07 Å². The van der Waals surface area contributed by atoms with Gasteiger partial charge in [0.2, 0.25) is 11.8 Å². The molecule has 2 fully saturated rings. The fourth-order valence-corrected chi connectivity index (χ4v) is 5.97. The van der Waals surface area contributed by atoms with E-state index in [-0.39, 0.29) is 24.3 Å². The molecule has 0 aromatic heterocycles. The summed E-state index contributed by atoms with van der Waals surface area (Å²) in [4.78, 5) is 38.8. The van der Waals surface area contributed by atoms with Crippen molar-refractivity contribution in [1.29, 1.82) is 0 Å². The minimum Gasteiger partial charge on any atom is -0.441 e. The summed E-state index contributed by atoms with van der Waals surface area (Å²) in [6, 6.07) is 15.5. The summed E-state index contributed by atoms with van der Waals surface area (Å²) < 4.78 is 5.93. The molecule has 4 N–H and O–H groups in total. The predicted molar refractivity (Wildman–Crippen MR) is 154 cm³/mol. The maximum atomic E-state index is 13.5. The highest BCUT2D eigenvalue weighted by Gasteiger charge is 2.32. The van der Waals surface area contributed by atoms with Crippen LogP contribution in [0.1, 0.15) is 68.6 Å². The van der Waals surface area contributed by atoms with E-state index in [1.165, 1.54) is 6.42 Å². The van der Waals surface area contributed by atoms with Crippen molar-refractivity contribution in [3.63, 3.8) is 0 Å². The lowest BCUT2D eigenvalue weighted by Crippen LogP contribution is -2.52. The number of carbonyl (C=O) groups excluding carboxylic acids is 3. The zero-order chi connectivity index (χ0) is 28.3. The van der Waals surface area contributed by atoms with Crippen molar-refractivity contribution >= 4 is 29.5 Å². The topological polar surface area (TPSA) is 117 Å². The van der Waals surface area contributed by atoms with Crippen LogP contribution in [0.25, 0.3) is 0 Å². The van der Waals surface area contributed by atoms with Crippen LogP contribution in [-0.4, -0.2) is 48.2 Å². The van der Waals surface area contributed by atoms with Gasteiger partial charge in [-0.15, -0.1) is 0 Å². The zero-order valence-electron chi connectivity index (χ0n) is 22.8. The summed E-state index contributed by atoms with van der Waals surface area (Å²) in [5.41, 5.74) is 1.76. The molecule has 1 heterocycles. The van der Waals surface area contributed by atoms with Gasteiger partial charge in [-0.05, 0) is 48.4 Å². The highest BCUT2D eigenvalue weighted by atomic mass is 35.5. The Bertz CT molecular complexity index is 1120. The molecule has 9 heteroatoms. The molecule has 8 nitrogen and oxygen atoms in total. The molecular weight excluding hydrogens is 530 g/mol. The van der Waals surface area contributed by atoms with E-state index < -0.39 is 24.3 Å². The van der Waals surface area contributed by atoms with Crippen LogP contribution < -0.4 is 16.0 Å². The van der Waals surface area contributed by atoms with Gasteiger partial charge in [0.25, 0.3) is 0 Å². The number of halogens is 1. The second kappa shape index (κ2) is 15.1. The van der Waals surface area contributed by atoms with Gasteiger partial charge < -0.3 is 25.8 Å². The van der Waals surface area contributed by atoms with Gasteiger partial charge in [-0.1, -0.05) is 86.2 Å². The van der Waals surface area contributed by atoms with Crippen molar-refractivity contribution in [3.8, 4) is 0 Å². The molecule has 2 aromatic rings. The molecule has 4 rings (SSSR count). The molecule has 0 spiro atoms. The number of amides is 3. The first-order chi connectivity index (χ1) is 19.4. The van der Waals surface area contributed by atoms with Crippen molar-refractivity contribution in [3.05, 3.63) is 70.7 Å². The van der Waals surface area contributed by atoms with Gasteiger partial charge in [0, 0.05) is 23.9 Å². The first-order valence-electron chi connectivity index (χ1n) is 14.4. The van der Waals surface area contributed by atoms with Crippen molar-refractivity contribution in [1.82, 2.24) is 16.0 Å². The normalized spacial score (nSPS) is 19.8. The molecule has 0 bridgehead atoms. The van der Waals surface area contributed by atoms with Crippen molar-refractivity contribution in [2.24, 2.45) is 11.8 Å². The molecule has 3 amide bonds. The number of ether oxygens (including phenoxy) is 1. The van der Waals surface area contributed by atoms with Gasteiger partial charge in [-0.25, -0.2) is 4.79 Å². The summed E-state index contributed by atoms with van der Waals surface area (Å²) in [5, 5.41) is 19.1. The third kappa shape index (κ3) is 8.96. The molecule has 1 aliphatic carbocycles. The van der Waals surface area contributed by atoms with Crippen LogP contribution >= 0.6 is 11.6 Å². The number of carbonyl (C=O) groups is 3. The number of alkyl carbamates (subject to hydrolysis) is 1. The second-order valence-corrected chi connectivity index (χ2v) is 11.4. The fraction of sp³-hybridized carbons (Fsp3) is 0.516. The quantitative estimate of drug-likeness (QED) is 0.296. The lowest BCUT2D eigenvalue weighted by Gasteiger charge is -2.29. The van der Waals surface area contributed by atoms with Gasteiger partial charge in [0.15, 0.2) is 0 Å². The Balaban J connectivity index is 1.45. The van der Waals surface area contributed by atoms with E-state index in [4.69, 9.17) is 16.3 Å². The Morgan fingerprint density at radius 1 is 1.00 bits per heavy atom. The molecule has 1 saturated heterocycles. The standard InChI is InChI=1S/C31H40ClN3O5/c32-25-13-7-10-22(16-25)18-28(23-11-5-2-6-12-23)40-31(39)35-27(17-21-8-3-1-4-9-21)30(38)34-26(20-36)19-24-14-15-33-29(24)37/h2,5-7,10-13,16,21,24,26-28,36H,1,3-4,8-9,14-15,17-20H2,(H,33,37)(H,34,38)(H,35,39)/t24-,26-,27-,28?/m0/s1. The van der Waals surface area contributed by atoms with Gasteiger partial charge >= 0.3 is 6.09 Å². The highest BCUT2D eigenvalue weighted by Crippen LogP contribution is 2.28. The molecule has 2 aromatic carbocycles. The summed E-state index contributed by atoms with van der Waals surface area (Å²) >= 11 is 6.19. The summed E-state index contributed by atoms with van der Waals surface area (Å²) in [6.45, 7) is 0.316. The van der Waals surface area contributed by atoms with Crippen molar-refractivity contribution < 1.29 is 24.2 Å².